The quantitative estimate of drug-likeness (QED) is 0.844. The number of halogens is 2. The minimum atomic E-state index is -0.834. The maximum Gasteiger partial charge on any atom is 0.338 e. The third-order valence-corrected chi connectivity index (χ3v) is 3.56. The topological polar surface area (TPSA) is 75.4 Å². The van der Waals surface area contributed by atoms with E-state index in [2.05, 4.69) is 5.43 Å². The number of urea groups is 1. The van der Waals surface area contributed by atoms with Gasteiger partial charge in [0, 0.05) is 0 Å². The lowest BCUT2D eigenvalue weighted by atomic mass is 10.1. The molecule has 114 valence electrons. The molecule has 0 bridgehead atoms. The van der Waals surface area contributed by atoms with Crippen molar-refractivity contribution in [1.82, 2.24) is 5.43 Å². The van der Waals surface area contributed by atoms with Crippen LogP contribution in [0.3, 0.4) is 0 Å². The van der Waals surface area contributed by atoms with Crippen LogP contribution in [0.2, 0.25) is 10.0 Å². The van der Waals surface area contributed by atoms with Gasteiger partial charge in [-0.05, 0) is 23.8 Å². The molecule has 0 aliphatic heterocycles. The van der Waals surface area contributed by atoms with Crippen LogP contribution in [-0.4, -0.2) is 11.9 Å². The highest BCUT2D eigenvalue weighted by Crippen LogP contribution is 2.26. The van der Waals surface area contributed by atoms with Crippen molar-refractivity contribution in [2.24, 2.45) is 5.73 Å². The molecule has 0 saturated carbocycles. The van der Waals surface area contributed by atoms with Crippen molar-refractivity contribution in [2.45, 2.75) is 6.42 Å². The van der Waals surface area contributed by atoms with E-state index in [1.807, 2.05) is 30.3 Å². The number of rotatable bonds is 3. The monoisotopic (exact) mass is 337 g/mol. The van der Waals surface area contributed by atoms with Crippen LogP contribution < -0.4 is 16.2 Å². The van der Waals surface area contributed by atoms with E-state index in [1.54, 1.807) is 0 Å². The van der Waals surface area contributed by atoms with Gasteiger partial charge in [0.1, 0.15) is 0 Å². The molecule has 0 radical (unpaired) electrons. The van der Waals surface area contributed by atoms with Crippen LogP contribution in [0.5, 0.6) is 0 Å². The average Bonchev–Trinajstić information content (AvgIpc) is 2.48. The Bertz CT molecular complexity index is 692. The third kappa shape index (κ3) is 4.13. The van der Waals surface area contributed by atoms with Gasteiger partial charge in [-0.3, -0.25) is 10.2 Å². The van der Waals surface area contributed by atoms with E-state index < -0.39 is 6.03 Å². The van der Waals surface area contributed by atoms with Crippen molar-refractivity contribution in [3.63, 3.8) is 0 Å². The number of hydrazine groups is 1. The van der Waals surface area contributed by atoms with Gasteiger partial charge >= 0.3 is 6.03 Å². The van der Waals surface area contributed by atoms with Crippen LogP contribution in [-0.2, 0) is 11.2 Å². The molecule has 0 aliphatic rings. The molecule has 0 fully saturated rings. The summed E-state index contributed by atoms with van der Waals surface area (Å²) in [4.78, 5) is 23.6. The summed E-state index contributed by atoms with van der Waals surface area (Å²) in [7, 11) is 0. The number of amides is 3. The Labute approximate surface area is 137 Å². The smallest absolute Gasteiger partial charge is 0.338 e. The predicted molar refractivity (Wildman–Crippen MR) is 86.8 cm³/mol. The summed E-state index contributed by atoms with van der Waals surface area (Å²) in [6.07, 6.45) is 0.117. The van der Waals surface area contributed by atoms with E-state index in [1.165, 1.54) is 18.2 Å². The van der Waals surface area contributed by atoms with Gasteiger partial charge in [0.2, 0.25) is 5.91 Å². The zero-order chi connectivity index (χ0) is 16.1. The maximum absolute atomic E-state index is 12.0. The van der Waals surface area contributed by atoms with Crippen LogP contribution in [0.1, 0.15) is 5.56 Å². The van der Waals surface area contributed by atoms with Crippen LogP contribution in [0.25, 0.3) is 0 Å². The van der Waals surface area contributed by atoms with Crippen LogP contribution in [0, 0.1) is 0 Å². The molecule has 0 aliphatic carbocycles. The molecular weight excluding hydrogens is 325 g/mol. The molecule has 22 heavy (non-hydrogen) atoms. The normalized spacial score (nSPS) is 10.1. The van der Waals surface area contributed by atoms with Gasteiger partial charge in [-0.2, -0.15) is 0 Å². The van der Waals surface area contributed by atoms with Gasteiger partial charge in [-0.15, -0.1) is 0 Å². The van der Waals surface area contributed by atoms with Gasteiger partial charge in [-0.1, -0.05) is 53.5 Å². The van der Waals surface area contributed by atoms with E-state index in [4.69, 9.17) is 28.9 Å². The first-order chi connectivity index (χ1) is 10.5. The number of benzene rings is 2. The Morgan fingerprint density at radius 2 is 1.73 bits per heavy atom. The van der Waals surface area contributed by atoms with Gasteiger partial charge < -0.3 is 5.73 Å². The Morgan fingerprint density at radius 3 is 2.32 bits per heavy atom. The lowest BCUT2D eigenvalue weighted by Crippen LogP contribution is -2.49. The molecule has 0 aromatic heterocycles. The number of hydrogen-bond acceptors (Lipinski definition) is 2. The highest BCUT2D eigenvalue weighted by Gasteiger charge is 2.16. The highest BCUT2D eigenvalue weighted by atomic mass is 35.5. The van der Waals surface area contributed by atoms with Crippen molar-refractivity contribution in [2.75, 3.05) is 5.01 Å². The Morgan fingerprint density at radius 1 is 1.05 bits per heavy atom. The second kappa shape index (κ2) is 7.15. The molecule has 0 atom stereocenters. The van der Waals surface area contributed by atoms with Crippen molar-refractivity contribution < 1.29 is 9.59 Å². The zero-order valence-electron chi connectivity index (χ0n) is 11.4. The van der Waals surface area contributed by atoms with E-state index in [-0.39, 0.29) is 17.4 Å². The van der Waals surface area contributed by atoms with E-state index in [0.717, 1.165) is 10.6 Å². The number of nitrogens with two attached hydrogens (primary N) is 1. The van der Waals surface area contributed by atoms with Gasteiger partial charge in [-0.25, -0.2) is 9.80 Å². The minimum Gasteiger partial charge on any atom is -0.350 e. The summed E-state index contributed by atoms with van der Waals surface area (Å²) in [5.41, 5.74) is 8.88. The SMILES string of the molecule is NC(=O)N(NC(=O)Cc1ccccc1)c1ccc(Cl)c(Cl)c1. The number of carbonyl (C=O) groups excluding carboxylic acids is 2. The summed E-state index contributed by atoms with van der Waals surface area (Å²) < 4.78 is 0. The molecule has 0 unspecified atom stereocenters. The summed E-state index contributed by atoms with van der Waals surface area (Å²) in [5.74, 6) is -0.379. The van der Waals surface area contributed by atoms with Crippen molar-refractivity contribution >= 4 is 40.8 Å². The Kier molecular flexibility index (Phi) is 5.25. The molecule has 5 nitrogen and oxygen atoms in total. The van der Waals surface area contributed by atoms with E-state index in [9.17, 15) is 9.59 Å². The van der Waals surface area contributed by atoms with Crippen LogP contribution in [0.15, 0.2) is 48.5 Å². The summed E-state index contributed by atoms with van der Waals surface area (Å²) in [6, 6.07) is 12.8. The fourth-order valence-electron chi connectivity index (χ4n) is 1.82. The Hall–Kier alpha value is -2.24. The molecule has 0 heterocycles. The molecular formula is C15H13Cl2N3O2. The second-order valence-electron chi connectivity index (χ2n) is 4.47. The average molecular weight is 338 g/mol. The summed E-state index contributed by atoms with van der Waals surface area (Å²) >= 11 is 11.7. The van der Waals surface area contributed by atoms with Gasteiger partial charge in [0.15, 0.2) is 0 Å². The minimum absolute atomic E-state index is 0.117. The van der Waals surface area contributed by atoms with Crippen molar-refractivity contribution in [1.29, 1.82) is 0 Å². The first kappa shape index (κ1) is 16.1. The summed E-state index contributed by atoms with van der Waals surface area (Å²) in [6.45, 7) is 0. The van der Waals surface area contributed by atoms with E-state index in [0.29, 0.717) is 10.7 Å². The van der Waals surface area contributed by atoms with Crippen molar-refractivity contribution in [3.05, 3.63) is 64.1 Å². The van der Waals surface area contributed by atoms with Crippen LogP contribution in [0.4, 0.5) is 10.5 Å². The largest absolute Gasteiger partial charge is 0.350 e. The standard InChI is InChI=1S/C15H13Cl2N3O2/c16-12-7-6-11(9-13(12)17)20(15(18)22)19-14(21)8-10-4-2-1-3-5-10/h1-7,9H,8H2,(H2,18,22)(H,19,21). The molecule has 2 aromatic carbocycles. The fraction of sp³-hybridized carbons (Fsp3) is 0.0667. The lowest BCUT2D eigenvalue weighted by Gasteiger charge is -2.21. The predicted octanol–water partition coefficient (Wildman–Crippen LogP) is 3.15. The maximum atomic E-state index is 12.0. The number of anilines is 1. The fourth-order valence-corrected chi connectivity index (χ4v) is 2.11. The second-order valence-corrected chi connectivity index (χ2v) is 5.28. The number of nitrogens with zero attached hydrogens (tertiary/aromatic N) is 1. The van der Waals surface area contributed by atoms with Gasteiger partial charge in [0.05, 0.1) is 22.2 Å². The van der Waals surface area contributed by atoms with Gasteiger partial charge in [0.25, 0.3) is 0 Å². The third-order valence-electron chi connectivity index (χ3n) is 2.83. The molecule has 3 N–H and O–H groups in total. The number of primary amides is 1. The van der Waals surface area contributed by atoms with Crippen LogP contribution >= 0.6 is 23.2 Å². The molecule has 2 rings (SSSR count). The molecule has 0 saturated heterocycles. The lowest BCUT2D eigenvalue weighted by molar-refractivity contribution is -0.120. The number of carbonyl (C=O) groups is 2. The molecule has 3 amide bonds. The number of hydrogen-bond donors (Lipinski definition) is 2. The van der Waals surface area contributed by atoms with E-state index >= 15 is 0 Å². The summed E-state index contributed by atoms with van der Waals surface area (Å²) in [5, 5.41) is 1.51. The molecule has 0 spiro atoms. The van der Waals surface area contributed by atoms with Crippen molar-refractivity contribution in [3.8, 4) is 0 Å². The number of nitrogens with one attached hydrogen (secondary N) is 1. The molecule has 7 heteroatoms. The highest BCUT2D eigenvalue weighted by molar-refractivity contribution is 6.42. The zero-order valence-corrected chi connectivity index (χ0v) is 12.9. The molecule has 2 aromatic rings. The Balaban J connectivity index is 2.13. The first-order valence-electron chi connectivity index (χ1n) is 6.35. The first-order valence-corrected chi connectivity index (χ1v) is 7.11.